The highest BCUT2D eigenvalue weighted by Gasteiger charge is 2.53. The van der Waals surface area contributed by atoms with Crippen molar-refractivity contribution in [1.82, 2.24) is 4.90 Å². The van der Waals surface area contributed by atoms with E-state index in [1.807, 2.05) is 13.0 Å². The number of nitrogens with zero attached hydrogens (tertiary/aromatic N) is 2. The van der Waals surface area contributed by atoms with Gasteiger partial charge in [-0.15, -0.1) is 11.8 Å². The fraction of sp³-hybridized carbons (Fsp3) is 0.444. The molecule has 0 saturated carbocycles. The molecule has 0 unspecified atom stereocenters. The van der Waals surface area contributed by atoms with Crippen LogP contribution in [0.3, 0.4) is 0 Å². The number of hydrogen-bond donors (Lipinski definition) is 1. The van der Waals surface area contributed by atoms with Crippen LogP contribution in [0.4, 0.5) is 5.69 Å². The predicted octanol–water partition coefficient (Wildman–Crippen LogP) is 2.54. The van der Waals surface area contributed by atoms with Crippen LogP contribution in [0.2, 0.25) is 5.02 Å². The summed E-state index contributed by atoms with van der Waals surface area (Å²) in [5.41, 5.74) is 0.692. The molecule has 2 amide bonds. The van der Waals surface area contributed by atoms with Crippen LogP contribution in [-0.4, -0.2) is 45.5 Å². The summed E-state index contributed by atoms with van der Waals surface area (Å²) in [6.45, 7) is 3.41. The average molecular weight is 408 g/mol. The molecule has 0 bridgehead atoms. The zero-order valence-electron chi connectivity index (χ0n) is 14.8. The van der Waals surface area contributed by atoms with E-state index in [1.54, 1.807) is 22.7 Å². The number of anilines is 1. The number of hydrogen-bond acceptors (Lipinski definition) is 6. The van der Waals surface area contributed by atoms with E-state index >= 15 is 0 Å². The molecule has 0 spiro atoms. The molecule has 2 heterocycles. The third-order valence-electron chi connectivity index (χ3n) is 4.74. The van der Waals surface area contributed by atoms with Crippen molar-refractivity contribution in [2.45, 2.75) is 43.7 Å². The summed E-state index contributed by atoms with van der Waals surface area (Å²) in [4.78, 5) is 38.1. The smallest absolute Gasteiger partial charge is 0.330 e. The van der Waals surface area contributed by atoms with Crippen LogP contribution >= 0.6 is 23.4 Å². The lowest BCUT2D eigenvalue weighted by Crippen LogP contribution is -2.48. The first-order valence-corrected chi connectivity index (χ1v) is 9.78. The van der Waals surface area contributed by atoms with Crippen molar-refractivity contribution in [2.75, 3.05) is 11.1 Å². The lowest BCUT2D eigenvalue weighted by Gasteiger charge is -2.29. The normalized spacial score (nSPS) is 24.9. The minimum atomic E-state index is -1.04. The second kappa shape index (κ2) is 7.41. The number of ether oxygens (including phenoxy) is 1. The summed E-state index contributed by atoms with van der Waals surface area (Å²) >= 11 is 7.50. The number of benzene rings is 1. The predicted molar refractivity (Wildman–Crippen MR) is 101 cm³/mol. The molecule has 2 saturated heterocycles. The standard InChI is InChI=1S/C18H18ClN3O4S/c1-10(16(24)21-12-4-3-11(8-20)13(19)7-12)26-17(25)14-9-27-18(2)6-5-15(23)22(14)18/h3-4,7,10,14H,5-6,9H2,1-2H3,(H,21,24)/t10-,14-,18+/m1/s1. The van der Waals surface area contributed by atoms with Crippen LogP contribution in [0.1, 0.15) is 32.3 Å². The third kappa shape index (κ3) is 3.75. The van der Waals surface area contributed by atoms with Crippen molar-refractivity contribution in [1.29, 1.82) is 5.26 Å². The molecule has 3 rings (SSSR count). The van der Waals surface area contributed by atoms with Gasteiger partial charge in [0.05, 0.1) is 15.5 Å². The molecule has 3 atom stereocenters. The van der Waals surface area contributed by atoms with Gasteiger partial charge in [0, 0.05) is 17.9 Å². The van der Waals surface area contributed by atoms with E-state index in [0.717, 1.165) is 0 Å². The second-order valence-electron chi connectivity index (χ2n) is 6.64. The number of nitriles is 1. The van der Waals surface area contributed by atoms with E-state index in [1.165, 1.54) is 19.1 Å². The first-order valence-electron chi connectivity index (χ1n) is 8.42. The molecule has 7 nitrogen and oxygen atoms in total. The van der Waals surface area contributed by atoms with Crippen LogP contribution in [0.25, 0.3) is 0 Å². The van der Waals surface area contributed by atoms with Crippen LogP contribution in [-0.2, 0) is 19.1 Å². The van der Waals surface area contributed by atoms with Crippen LogP contribution < -0.4 is 5.32 Å². The van der Waals surface area contributed by atoms with Gasteiger partial charge in [-0.3, -0.25) is 9.59 Å². The lowest BCUT2D eigenvalue weighted by molar-refractivity contribution is -0.160. The lowest BCUT2D eigenvalue weighted by atomic mass is 10.2. The number of amides is 2. The summed E-state index contributed by atoms with van der Waals surface area (Å²) in [5, 5.41) is 11.7. The van der Waals surface area contributed by atoms with Gasteiger partial charge in [0.2, 0.25) is 5.91 Å². The second-order valence-corrected chi connectivity index (χ2v) is 8.55. The maximum atomic E-state index is 12.5. The van der Waals surface area contributed by atoms with E-state index in [0.29, 0.717) is 29.8 Å². The number of nitrogens with one attached hydrogen (secondary N) is 1. The fourth-order valence-corrected chi connectivity index (χ4v) is 4.87. The fourth-order valence-electron chi connectivity index (χ4n) is 3.23. The van der Waals surface area contributed by atoms with Crippen molar-refractivity contribution in [2.24, 2.45) is 0 Å². The van der Waals surface area contributed by atoms with Gasteiger partial charge >= 0.3 is 5.97 Å². The Kier molecular flexibility index (Phi) is 5.36. The zero-order chi connectivity index (χ0) is 19.8. The minimum Gasteiger partial charge on any atom is -0.451 e. The molecular formula is C18H18ClN3O4S. The number of esters is 1. The van der Waals surface area contributed by atoms with Crippen molar-refractivity contribution in [3.63, 3.8) is 0 Å². The van der Waals surface area contributed by atoms with Crippen LogP contribution in [0, 0.1) is 11.3 Å². The Morgan fingerprint density at radius 1 is 1.52 bits per heavy atom. The molecule has 0 aromatic heterocycles. The number of thioether (sulfide) groups is 1. The molecular weight excluding hydrogens is 390 g/mol. The van der Waals surface area contributed by atoms with E-state index in [4.69, 9.17) is 21.6 Å². The molecule has 2 aliphatic rings. The summed E-state index contributed by atoms with van der Waals surface area (Å²) in [5.74, 6) is -0.707. The van der Waals surface area contributed by atoms with E-state index in [2.05, 4.69) is 5.32 Å². The molecule has 1 aromatic rings. The average Bonchev–Trinajstić information content (AvgIpc) is 3.11. The molecule has 1 N–H and O–H groups in total. The summed E-state index contributed by atoms with van der Waals surface area (Å²) < 4.78 is 5.30. The molecule has 0 aliphatic carbocycles. The van der Waals surface area contributed by atoms with Crippen LogP contribution in [0.5, 0.6) is 0 Å². The van der Waals surface area contributed by atoms with Crippen molar-refractivity contribution in [3.8, 4) is 6.07 Å². The van der Waals surface area contributed by atoms with Gasteiger partial charge in [-0.2, -0.15) is 5.26 Å². The van der Waals surface area contributed by atoms with Gasteiger partial charge in [0.1, 0.15) is 12.1 Å². The Bertz CT molecular complexity index is 855. The zero-order valence-corrected chi connectivity index (χ0v) is 16.4. The van der Waals surface area contributed by atoms with Gasteiger partial charge in [0.25, 0.3) is 5.91 Å². The first-order chi connectivity index (χ1) is 12.7. The van der Waals surface area contributed by atoms with Gasteiger partial charge in [0.15, 0.2) is 6.10 Å². The number of carbonyl (C=O) groups is 3. The Hall–Kier alpha value is -2.24. The summed E-state index contributed by atoms with van der Waals surface area (Å²) in [6.07, 6.45) is 0.0833. The summed E-state index contributed by atoms with van der Waals surface area (Å²) in [6, 6.07) is 5.74. The molecule has 9 heteroatoms. The molecule has 142 valence electrons. The Morgan fingerprint density at radius 3 is 2.93 bits per heavy atom. The molecule has 27 heavy (non-hydrogen) atoms. The number of rotatable bonds is 4. The van der Waals surface area contributed by atoms with Crippen molar-refractivity contribution < 1.29 is 19.1 Å². The van der Waals surface area contributed by atoms with Gasteiger partial charge in [-0.05, 0) is 38.5 Å². The van der Waals surface area contributed by atoms with Crippen molar-refractivity contribution >= 4 is 46.8 Å². The highest BCUT2D eigenvalue weighted by atomic mass is 35.5. The highest BCUT2D eigenvalue weighted by Crippen LogP contribution is 2.47. The minimum absolute atomic E-state index is 0.0613. The number of fused-ring (bicyclic) bond motifs is 1. The van der Waals surface area contributed by atoms with E-state index < -0.39 is 24.0 Å². The maximum absolute atomic E-state index is 12.5. The largest absolute Gasteiger partial charge is 0.451 e. The van der Waals surface area contributed by atoms with Gasteiger partial charge in [-0.1, -0.05) is 11.6 Å². The monoisotopic (exact) mass is 407 g/mol. The maximum Gasteiger partial charge on any atom is 0.330 e. The van der Waals surface area contributed by atoms with E-state index in [9.17, 15) is 14.4 Å². The Morgan fingerprint density at radius 2 is 2.26 bits per heavy atom. The van der Waals surface area contributed by atoms with E-state index in [-0.39, 0.29) is 15.8 Å². The Balaban J connectivity index is 1.61. The molecule has 2 aliphatic heterocycles. The van der Waals surface area contributed by atoms with Gasteiger partial charge < -0.3 is 15.0 Å². The topological polar surface area (TPSA) is 99.5 Å². The van der Waals surface area contributed by atoms with Gasteiger partial charge in [-0.25, -0.2) is 4.79 Å². The quantitative estimate of drug-likeness (QED) is 0.770. The molecule has 0 radical (unpaired) electrons. The highest BCUT2D eigenvalue weighted by molar-refractivity contribution is 8.01. The van der Waals surface area contributed by atoms with Crippen LogP contribution in [0.15, 0.2) is 18.2 Å². The summed E-state index contributed by atoms with van der Waals surface area (Å²) in [7, 11) is 0. The third-order valence-corrected chi connectivity index (χ3v) is 6.55. The number of halogens is 1. The molecule has 2 fully saturated rings. The SMILES string of the molecule is C[C@@H](OC(=O)[C@H]1CS[C@@]2(C)CCC(=O)N12)C(=O)Nc1ccc(C#N)c(Cl)c1. The first kappa shape index (κ1) is 19.5. The number of carbonyl (C=O) groups excluding carboxylic acids is 3. The molecule has 1 aromatic carbocycles. The van der Waals surface area contributed by atoms with Crippen molar-refractivity contribution in [3.05, 3.63) is 28.8 Å². The Labute approximate surface area is 166 Å².